The van der Waals surface area contributed by atoms with Crippen LogP contribution in [0.3, 0.4) is 0 Å². The van der Waals surface area contributed by atoms with Gasteiger partial charge in [0.1, 0.15) is 0 Å². The standard InChI is InChI=1S/C8H15OP/c1-4-5-7(2)6-8(3)10-9/h4,7-8H,1,5-6H2,2-3H3. The maximum Gasteiger partial charge on any atom is 0.158 e. The molecular formula is C8H15OP. The molecule has 0 saturated carbocycles. The van der Waals surface area contributed by atoms with Gasteiger partial charge in [-0.2, -0.15) is 0 Å². The fourth-order valence-electron chi connectivity index (χ4n) is 1.01. The predicted molar refractivity (Wildman–Crippen MR) is 45.7 cm³/mol. The van der Waals surface area contributed by atoms with Crippen molar-refractivity contribution in [2.75, 3.05) is 0 Å². The lowest BCUT2D eigenvalue weighted by Gasteiger charge is -2.08. The van der Waals surface area contributed by atoms with E-state index in [0.29, 0.717) is 11.6 Å². The van der Waals surface area contributed by atoms with Gasteiger partial charge < -0.3 is 0 Å². The zero-order valence-corrected chi connectivity index (χ0v) is 7.60. The summed E-state index contributed by atoms with van der Waals surface area (Å²) in [5.74, 6) is 0.619. The second kappa shape index (κ2) is 5.61. The van der Waals surface area contributed by atoms with Crippen molar-refractivity contribution < 1.29 is 4.57 Å². The lowest BCUT2D eigenvalue weighted by molar-refractivity contribution is 0.524. The van der Waals surface area contributed by atoms with Crippen LogP contribution in [-0.4, -0.2) is 5.66 Å². The highest BCUT2D eigenvalue weighted by Crippen LogP contribution is 2.18. The van der Waals surface area contributed by atoms with E-state index in [-0.39, 0.29) is 8.46 Å². The Balaban J connectivity index is 3.45. The quantitative estimate of drug-likeness (QED) is 0.443. The minimum absolute atomic E-state index is 0.270. The van der Waals surface area contributed by atoms with E-state index >= 15 is 0 Å². The van der Waals surface area contributed by atoms with Crippen LogP contribution < -0.4 is 0 Å². The van der Waals surface area contributed by atoms with Gasteiger partial charge in [-0.15, -0.1) is 6.58 Å². The van der Waals surface area contributed by atoms with E-state index in [9.17, 15) is 4.57 Å². The molecule has 0 aliphatic rings. The van der Waals surface area contributed by atoms with E-state index in [1.807, 2.05) is 13.0 Å². The van der Waals surface area contributed by atoms with Crippen molar-refractivity contribution in [3.05, 3.63) is 12.7 Å². The average Bonchev–Trinajstić information content (AvgIpc) is 1.88. The molecule has 0 aliphatic carbocycles. The van der Waals surface area contributed by atoms with Gasteiger partial charge in [0, 0.05) is 5.66 Å². The van der Waals surface area contributed by atoms with Crippen molar-refractivity contribution >= 4 is 8.46 Å². The lowest BCUT2D eigenvalue weighted by atomic mass is 10.0. The third kappa shape index (κ3) is 4.69. The second-order valence-electron chi connectivity index (χ2n) is 2.82. The summed E-state index contributed by atoms with van der Waals surface area (Å²) in [6.07, 6.45) is 3.97. The van der Waals surface area contributed by atoms with Crippen molar-refractivity contribution in [2.45, 2.75) is 32.3 Å². The lowest BCUT2D eigenvalue weighted by Crippen LogP contribution is -2.00. The topological polar surface area (TPSA) is 17.1 Å². The number of allylic oxidation sites excluding steroid dienone is 1. The molecule has 0 rings (SSSR count). The predicted octanol–water partition coefficient (Wildman–Crippen LogP) is 3.27. The Bertz CT molecular complexity index is 112. The zero-order chi connectivity index (χ0) is 7.98. The Kier molecular flexibility index (Phi) is 5.52. The molecule has 2 atom stereocenters. The molecule has 10 heavy (non-hydrogen) atoms. The molecule has 0 bridgehead atoms. The molecule has 2 heteroatoms. The van der Waals surface area contributed by atoms with E-state index in [1.54, 1.807) is 0 Å². The maximum absolute atomic E-state index is 10.3. The van der Waals surface area contributed by atoms with Crippen LogP contribution in [0.1, 0.15) is 26.7 Å². The second-order valence-corrected chi connectivity index (χ2v) is 3.91. The van der Waals surface area contributed by atoms with Crippen molar-refractivity contribution in [3.63, 3.8) is 0 Å². The number of hydrogen-bond donors (Lipinski definition) is 0. The van der Waals surface area contributed by atoms with Gasteiger partial charge in [0.2, 0.25) is 0 Å². The van der Waals surface area contributed by atoms with Gasteiger partial charge >= 0.3 is 0 Å². The van der Waals surface area contributed by atoms with Crippen LogP contribution in [-0.2, 0) is 4.57 Å². The molecule has 0 fully saturated rings. The summed E-state index contributed by atoms with van der Waals surface area (Å²) < 4.78 is 10.3. The molecule has 0 N–H and O–H groups in total. The van der Waals surface area contributed by atoms with Gasteiger partial charge in [-0.25, -0.2) is 0 Å². The number of rotatable bonds is 5. The third-order valence-electron chi connectivity index (χ3n) is 1.49. The molecule has 0 aliphatic heterocycles. The summed E-state index contributed by atoms with van der Waals surface area (Å²) in [5.41, 5.74) is 0.301. The molecule has 0 radical (unpaired) electrons. The minimum atomic E-state index is 0.270. The van der Waals surface area contributed by atoms with Crippen LogP contribution in [0.2, 0.25) is 0 Å². The highest BCUT2D eigenvalue weighted by Gasteiger charge is 2.06. The van der Waals surface area contributed by atoms with Crippen molar-refractivity contribution in [1.82, 2.24) is 0 Å². The van der Waals surface area contributed by atoms with Crippen molar-refractivity contribution in [2.24, 2.45) is 5.92 Å². The first-order valence-electron chi connectivity index (χ1n) is 3.64. The van der Waals surface area contributed by atoms with Gasteiger partial charge in [0.05, 0.1) is 0 Å². The van der Waals surface area contributed by atoms with Gasteiger partial charge in [-0.3, -0.25) is 4.57 Å². The van der Waals surface area contributed by atoms with Crippen LogP contribution in [0.4, 0.5) is 0 Å². The van der Waals surface area contributed by atoms with Crippen molar-refractivity contribution in [3.8, 4) is 0 Å². The minimum Gasteiger partial charge on any atom is -0.275 e. The summed E-state index contributed by atoms with van der Waals surface area (Å²) in [4.78, 5) is 0. The Morgan fingerprint density at radius 1 is 1.60 bits per heavy atom. The SMILES string of the molecule is C=CCC(C)CC(C)P=O. The summed E-state index contributed by atoms with van der Waals surface area (Å²) in [6, 6.07) is 0. The molecular weight excluding hydrogens is 143 g/mol. The Labute approximate surface area is 64.7 Å². The third-order valence-corrected chi connectivity index (χ3v) is 2.06. The Morgan fingerprint density at radius 2 is 2.20 bits per heavy atom. The first-order chi connectivity index (χ1) is 4.70. The van der Waals surface area contributed by atoms with Crippen LogP contribution in [0.15, 0.2) is 12.7 Å². The van der Waals surface area contributed by atoms with E-state index < -0.39 is 0 Å². The monoisotopic (exact) mass is 158 g/mol. The molecule has 0 saturated heterocycles. The molecule has 0 spiro atoms. The van der Waals surface area contributed by atoms with Crippen molar-refractivity contribution in [1.29, 1.82) is 0 Å². The summed E-state index contributed by atoms with van der Waals surface area (Å²) in [5, 5.41) is 0. The fraction of sp³-hybridized carbons (Fsp3) is 0.750. The first-order valence-corrected chi connectivity index (χ1v) is 4.52. The molecule has 0 amide bonds. The average molecular weight is 158 g/mol. The van der Waals surface area contributed by atoms with Crippen LogP contribution in [0.25, 0.3) is 0 Å². The Morgan fingerprint density at radius 3 is 2.60 bits per heavy atom. The summed E-state index contributed by atoms with van der Waals surface area (Å²) in [6.45, 7) is 7.80. The highest BCUT2D eigenvalue weighted by molar-refractivity contribution is 7.24. The van der Waals surface area contributed by atoms with Gasteiger partial charge in [0.15, 0.2) is 8.46 Å². The normalized spacial score (nSPS) is 16.6. The molecule has 58 valence electrons. The first kappa shape index (κ1) is 9.84. The molecule has 2 unspecified atom stereocenters. The molecule has 0 heterocycles. The molecule has 1 nitrogen and oxygen atoms in total. The molecule has 0 aromatic rings. The highest BCUT2D eigenvalue weighted by atomic mass is 31.1. The zero-order valence-electron chi connectivity index (χ0n) is 6.71. The summed E-state index contributed by atoms with van der Waals surface area (Å²) >= 11 is 0. The smallest absolute Gasteiger partial charge is 0.158 e. The van der Waals surface area contributed by atoms with Gasteiger partial charge in [0.25, 0.3) is 0 Å². The van der Waals surface area contributed by atoms with Crippen LogP contribution in [0.5, 0.6) is 0 Å². The van der Waals surface area contributed by atoms with Crippen LogP contribution >= 0.6 is 8.46 Å². The van der Waals surface area contributed by atoms with Gasteiger partial charge in [-0.1, -0.05) is 19.9 Å². The summed E-state index contributed by atoms with van der Waals surface area (Å²) in [7, 11) is 0.270. The fourth-order valence-corrected chi connectivity index (χ4v) is 1.45. The number of hydrogen-bond acceptors (Lipinski definition) is 1. The van der Waals surface area contributed by atoms with E-state index in [4.69, 9.17) is 0 Å². The van der Waals surface area contributed by atoms with Gasteiger partial charge in [-0.05, 0) is 18.8 Å². The van der Waals surface area contributed by atoms with E-state index in [1.165, 1.54) is 0 Å². The maximum atomic E-state index is 10.3. The molecule has 0 aromatic heterocycles. The van der Waals surface area contributed by atoms with E-state index in [0.717, 1.165) is 12.8 Å². The Hall–Kier alpha value is -0.160. The largest absolute Gasteiger partial charge is 0.275 e. The molecule has 0 aromatic carbocycles. The van der Waals surface area contributed by atoms with Crippen LogP contribution in [0, 0.1) is 5.92 Å². The van der Waals surface area contributed by atoms with E-state index in [2.05, 4.69) is 13.5 Å².